The molecule has 28 heavy (non-hydrogen) atoms. The van der Waals surface area contributed by atoms with Crippen molar-refractivity contribution in [3.63, 3.8) is 0 Å². The Morgan fingerprint density at radius 1 is 1.00 bits per heavy atom. The molecule has 0 aliphatic heterocycles. The van der Waals surface area contributed by atoms with Crippen LogP contribution in [0.1, 0.15) is 47.2 Å². The van der Waals surface area contributed by atoms with Gasteiger partial charge in [0.1, 0.15) is 6.54 Å². The highest BCUT2D eigenvalue weighted by Crippen LogP contribution is 2.23. The van der Waals surface area contributed by atoms with Crippen LogP contribution in [0.15, 0.2) is 36.4 Å². The van der Waals surface area contributed by atoms with Crippen molar-refractivity contribution in [3.8, 4) is 0 Å². The molecule has 0 unspecified atom stereocenters. The SMILES string of the molecule is CC[C@H](NC(=O)CN(c1cc(C)cc(C)c1)S(C)(=O)=O)c1ccc(C)cc1C. The minimum atomic E-state index is -3.59. The smallest absolute Gasteiger partial charge is 0.241 e. The van der Waals surface area contributed by atoms with Crippen LogP contribution in [0.25, 0.3) is 0 Å². The van der Waals surface area contributed by atoms with E-state index in [4.69, 9.17) is 0 Å². The highest BCUT2D eigenvalue weighted by molar-refractivity contribution is 7.92. The molecule has 2 rings (SSSR count). The van der Waals surface area contributed by atoms with Crippen molar-refractivity contribution >= 4 is 21.6 Å². The van der Waals surface area contributed by atoms with E-state index in [-0.39, 0.29) is 18.5 Å². The van der Waals surface area contributed by atoms with E-state index < -0.39 is 10.0 Å². The third-order valence-corrected chi connectivity index (χ3v) is 5.87. The van der Waals surface area contributed by atoms with Gasteiger partial charge in [-0.1, -0.05) is 36.8 Å². The Balaban J connectivity index is 2.25. The van der Waals surface area contributed by atoms with Gasteiger partial charge in [-0.2, -0.15) is 0 Å². The maximum absolute atomic E-state index is 12.7. The molecular weight excluding hydrogens is 372 g/mol. The van der Waals surface area contributed by atoms with Gasteiger partial charge in [0.05, 0.1) is 18.0 Å². The first-order valence-corrected chi connectivity index (χ1v) is 11.3. The van der Waals surface area contributed by atoms with Crippen LogP contribution in [0.4, 0.5) is 5.69 Å². The van der Waals surface area contributed by atoms with E-state index in [1.807, 2.05) is 52.8 Å². The normalized spacial score (nSPS) is 12.5. The minimum absolute atomic E-state index is 0.159. The lowest BCUT2D eigenvalue weighted by atomic mass is 9.97. The third-order valence-electron chi connectivity index (χ3n) is 4.73. The van der Waals surface area contributed by atoms with Crippen molar-refractivity contribution in [1.29, 1.82) is 0 Å². The molecule has 2 aromatic carbocycles. The minimum Gasteiger partial charge on any atom is -0.348 e. The average molecular weight is 403 g/mol. The number of hydrogen-bond acceptors (Lipinski definition) is 3. The molecule has 0 spiro atoms. The molecule has 0 saturated carbocycles. The van der Waals surface area contributed by atoms with Crippen molar-refractivity contribution in [3.05, 3.63) is 64.2 Å². The molecule has 0 aliphatic carbocycles. The fraction of sp³-hybridized carbons (Fsp3) is 0.409. The number of sulfonamides is 1. The number of carbonyl (C=O) groups excluding carboxylic acids is 1. The lowest BCUT2D eigenvalue weighted by molar-refractivity contribution is -0.120. The summed E-state index contributed by atoms with van der Waals surface area (Å²) in [5.74, 6) is -0.323. The van der Waals surface area contributed by atoms with Crippen LogP contribution in [-0.4, -0.2) is 27.1 Å². The maximum atomic E-state index is 12.7. The molecule has 0 aromatic heterocycles. The Labute approximate surface area is 168 Å². The fourth-order valence-electron chi connectivity index (χ4n) is 3.48. The second-order valence-corrected chi connectivity index (χ2v) is 9.41. The lowest BCUT2D eigenvalue weighted by Gasteiger charge is -2.25. The first kappa shape index (κ1) is 22.0. The quantitative estimate of drug-likeness (QED) is 0.762. The van der Waals surface area contributed by atoms with Gasteiger partial charge in [-0.15, -0.1) is 0 Å². The Hall–Kier alpha value is -2.34. The van der Waals surface area contributed by atoms with Gasteiger partial charge in [-0.3, -0.25) is 9.10 Å². The summed E-state index contributed by atoms with van der Waals surface area (Å²) in [4.78, 5) is 12.7. The summed E-state index contributed by atoms with van der Waals surface area (Å²) in [5, 5.41) is 3.00. The molecule has 1 atom stereocenters. The van der Waals surface area contributed by atoms with Gasteiger partial charge in [-0.25, -0.2) is 8.42 Å². The molecule has 2 aromatic rings. The Kier molecular flexibility index (Phi) is 6.88. The predicted octanol–water partition coefficient (Wildman–Crippen LogP) is 3.95. The maximum Gasteiger partial charge on any atom is 0.241 e. The topological polar surface area (TPSA) is 66.5 Å². The number of hydrogen-bond donors (Lipinski definition) is 1. The second-order valence-electron chi connectivity index (χ2n) is 7.50. The number of carbonyl (C=O) groups is 1. The number of aryl methyl sites for hydroxylation is 4. The van der Waals surface area contributed by atoms with E-state index in [0.717, 1.165) is 39.2 Å². The molecule has 0 saturated heterocycles. The number of nitrogens with zero attached hydrogens (tertiary/aromatic N) is 1. The molecule has 6 heteroatoms. The van der Waals surface area contributed by atoms with Gasteiger partial charge < -0.3 is 5.32 Å². The van der Waals surface area contributed by atoms with Crippen molar-refractivity contribution < 1.29 is 13.2 Å². The van der Waals surface area contributed by atoms with E-state index in [2.05, 4.69) is 11.4 Å². The molecule has 0 heterocycles. The first-order chi connectivity index (χ1) is 13.0. The second kappa shape index (κ2) is 8.78. The van der Waals surface area contributed by atoms with Crippen molar-refractivity contribution in [2.75, 3.05) is 17.1 Å². The van der Waals surface area contributed by atoms with E-state index in [1.165, 1.54) is 5.56 Å². The highest BCUT2D eigenvalue weighted by Gasteiger charge is 2.23. The zero-order chi connectivity index (χ0) is 21.1. The summed E-state index contributed by atoms with van der Waals surface area (Å²) in [6.07, 6.45) is 1.84. The van der Waals surface area contributed by atoms with Gasteiger partial charge in [-0.05, 0) is 68.5 Å². The summed E-state index contributed by atoms with van der Waals surface area (Å²) in [7, 11) is -3.59. The third kappa shape index (κ3) is 5.58. The van der Waals surface area contributed by atoms with Crippen LogP contribution in [-0.2, 0) is 14.8 Å². The van der Waals surface area contributed by atoms with Gasteiger partial charge in [0, 0.05) is 0 Å². The molecule has 1 amide bonds. The summed E-state index contributed by atoms with van der Waals surface area (Å²) >= 11 is 0. The monoisotopic (exact) mass is 402 g/mol. The summed E-state index contributed by atoms with van der Waals surface area (Å²) < 4.78 is 25.9. The Morgan fingerprint density at radius 3 is 2.11 bits per heavy atom. The van der Waals surface area contributed by atoms with E-state index in [9.17, 15) is 13.2 Å². The summed E-state index contributed by atoms with van der Waals surface area (Å²) in [6, 6.07) is 11.5. The summed E-state index contributed by atoms with van der Waals surface area (Å²) in [5.41, 5.74) is 5.74. The highest BCUT2D eigenvalue weighted by atomic mass is 32.2. The summed E-state index contributed by atoms with van der Waals surface area (Å²) in [6.45, 7) is 9.62. The number of rotatable bonds is 7. The molecule has 152 valence electrons. The van der Waals surface area contributed by atoms with Crippen LogP contribution in [0.5, 0.6) is 0 Å². The molecule has 1 N–H and O–H groups in total. The number of amides is 1. The van der Waals surface area contributed by atoms with Crippen LogP contribution in [0.2, 0.25) is 0 Å². The first-order valence-electron chi connectivity index (χ1n) is 9.43. The van der Waals surface area contributed by atoms with Gasteiger partial charge >= 0.3 is 0 Å². The largest absolute Gasteiger partial charge is 0.348 e. The molecule has 5 nitrogen and oxygen atoms in total. The lowest BCUT2D eigenvalue weighted by Crippen LogP contribution is -2.41. The molecular formula is C22H30N2O3S. The molecule has 0 aliphatic rings. The van der Waals surface area contributed by atoms with Crippen LogP contribution < -0.4 is 9.62 Å². The van der Waals surface area contributed by atoms with Crippen molar-refractivity contribution in [2.45, 2.75) is 47.1 Å². The van der Waals surface area contributed by atoms with Gasteiger partial charge in [0.2, 0.25) is 15.9 Å². The molecule has 0 bridgehead atoms. The molecule has 0 fully saturated rings. The Morgan fingerprint density at radius 2 is 1.61 bits per heavy atom. The fourth-order valence-corrected chi connectivity index (χ4v) is 4.32. The molecule has 0 radical (unpaired) electrons. The van der Waals surface area contributed by atoms with E-state index in [0.29, 0.717) is 5.69 Å². The Bertz CT molecular complexity index is 947. The van der Waals surface area contributed by atoms with Crippen LogP contribution >= 0.6 is 0 Å². The number of nitrogens with one attached hydrogen (secondary N) is 1. The van der Waals surface area contributed by atoms with Gasteiger partial charge in [0.15, 0.2) is 0 Å². The zero-order valence-electron chi connectivity index (χ0n) is 17.5. The van der Waals surface area contributed by atoms with Crippen molar-refractivity contribution in [1.82, 2.24) is 5.32 Å². The van der Waals surface area contributed by atoms with E-state index in [1.54, 1.807) is 12.1 Å². The number of benzene rings is 2. The standard InChI is InChI=1S/C22H30N2O3S/c1-7-21(20-9-8-15(2)11-18(20)5)23-22(25)14-24(28(6,26)27)19-12-16(3)10-17(4)13-19/h8-13,21H,7,14H2,1-6H3,(H,23,25)/t21-/m0/s1. The van der Waals surface area contributed by atoms with Crippen LogP contribution in [0.3, 0.4) is 0 Å². The van der Waals surface area contributed by atoms with Gasteiger partial charge in [0.25, 0.3) is 0 Å². The zero-order valence-corrected chi connectivity index (χ0v) is 18.4. The number of anilines is 1. The average Bonchev–Trinajstić information content (AvgIpc) is 2.56. The van der Waals surface area contributed by atoms with Crippen molar-refractivity contribution in [2.24, 2.45) is 0 Å². The van der Waals surface area contributed by atoms with Crippen LogP contribution in [0, 0.1) is 27.7 Å². The van der Waals surface area contributed by atoms with E-state index >= 15 is 0 Å². The predicted molar refractivity (Wildman–Crippen MR) is 115 cm³/mol.